The molecule has 0 atom stereocenters. The number of rotatable bonds is 5. The van der Waals surface area contributed by atoms with Crippen LogP contribution in [0.4, 0.5) is 5.69 Å². The number of hydrogen-bond acceptors (Lipinski definition) is 4. The van der Waals surface area contributed by atoms with E-state index in [2.05, 4.69) is 10.3 Å². The lowest BCUT2D eigenvalue weighted by Gasteiger charge is -2.03. The molecule has 84 valence electrons. The van der Waals surface area contributed by atoms with E-state index in [4.69, 9.17) is 11.0 Å². The van der Waals surface area contributed by atoms with E-state index in [1.54, 1.807) is 12.1 Å². The number of hydrogen-bond donors (Lipinski definition) is 2. The van der Waals surface area contributed by atoms with Crippen LogP contribution in [0.3, 0.4) is 0 Å². The van der Waals surface area contributed by atoms with Gasteiger partial charge in [-0.25, -0.2) is 0 Å². The highest BCUT2D eigenvalue weighted by molar-refractivity contribution is 5.78. The van der Waals surface area contributed by atoms with Crippen molar-refractivity contribution in [3.63, 3.8) is 0 Å². The summed E-state index contributed by atoms with van der Waals surface area (Å²) in [5.41, 5.74) is 6.75. The summed E-state index contributed by atoms with van der Waals surface area (Å²) >= 11 is 0. The van der Waals surface area contributed by atoms with Gasteiger partial charge in [-0.1, -0.05) is 0 Å². The number of pyridine rings is 1. The molecule has 0 saturated carbocycles. The molecule has 0 spiro atoms. The monoisotopic (exact) mass is 218 g/mol. The normalized spacial score (nSPS) is 9.44. The maximum atomic E-state index is 11.4. The smallest absolute Gasteiger partial charge is 0.226 e. The highest BCUT2D eigenvalue weighted by Gasteiger charge is 2.03. The van der Waals surface area contributed by atoms with Gasteiger partial charge >= 0.3 is 0 Å². The minimum atomic E-state index is -0.0878. The molecule has 3 N–H and O–H groups in total. The third kappa shape index (κ3) is 4.42. The van der Waals surface area contributed by atoms with Crippen LogP contribution in [0.2, 0.25) is 0 Å². The second-order valence-corrected chi connectivity index (χ2v) is 3.37. The van der Waals surface area contributed by atoms with Gasteiger partial charge in [0.25, 0.3) is 0 Å². The first-order chi connectivity index (χ1) is 7.72. The van der Waals surface area contributed by atoms with Gasteiger partial charge in [0.2, 0.25) is 5.91 Å². The van der Waals surface area contributed by atoms with Crippen molar-refractivity contribution in [2.75, 3.05) is 12.3 Å². The molecule has 5 nitrogen and oxygen atoms in total. The van der Waals surface area contributed by atoms with Crippen LogP contribution >= 0.6 is 0 Å². The van der Waals surface area contributed by atoms with Crippen molar-refractivity contribution in [3.05, 3.63) is 24.0 Å². The zero-order chi connectivity index (χ0) is 11.8. The van der Waals surface area contributed by atoms with E-state index in [1.165, 1.54) is 6.20 Å². The number of nitrogens with zero attached hydrogens (tertiary/aromatic N) is 2. The van der Waals surface area contributed by atoms with Crippen molar-refractivity contribution in [1.29, 1.82) is 5.26 Å². The molecule has 0 bridgehead atoms. The van der Waals surface area contributed by atoms with E-state index in [1.807, 2.05) is 6.07 Å². The second kappa shape index (κ2) is 6.40. The number of aromatic nitrogens is 1. The highest BCUT2D eigenvalue weighted by atomic mass is 16.1. The van der Waals surface area contributed by atoms with E-state index in [9.17, 15) is 4.79 Å². The Labute approximate surface area is 94.3 Å². The molecule has 1 rings (SSSR count). The average molecular weight is 218 g/mol. The van der Waals surface area contributed by atoms with E-state index in [0.717, 1.165) is 0 Å². The lowest BCUT2D eigenvalue weighted by molar-refractivity contribution is -0.120. The number of nitriles is 1. The number of nitrogens with two attached hydrogens (primary N) is 1. The summed E-state index contributed by atoms with van der Waals surface area (Å²) in [5.74, 6) is -0.0878. The second-order valence-electron chi connectivity index (χ2n) is 3.37. The number of nitrogen functional groups attached to an aromatic ring is 1. The van der Waals surface area contributed by atoms with Crippen LogP contribution in [0.25, 0.3) is 0 Å². The Morgan fingerprint density at radius 2 is 2.38 bits per heavy atom. The average Bonchev–Trinajstić information content (AvgIpc) is 2.28. The molecule has 0 unspecified atom stereocenters. The van der Waals surface area contributed by atoms with Crippen molar-refractivity contribution in [2.45, 2.75) is 19.3 Å². The Hall–Kier alpha value is -2.09. The van der Waals surface area contributed by atoms with Crippen LogP contribution in [-0.2, 0) is 11.2 Å². The van der Waals surface area contributed by atoms with Gasteiger partial charge in [0, 0.05) is 18.7 Å². The maximum Gasteiger partial charge on any atom is 0.226 e. The zero-order valence-corrected chi connectivity index (χ0v) is 8.94. The van der Waals surface area contributed by atoms with Gasteiger partial charge in [-0.05, 0) is 18.6 Å². The maximum absolute atomic E-state index is 11.4. The minimum Gasteiger partial charge on any atom is -0.397 e. The van der Waals surface area contributed by atoms with Crippen molar-refractivity contribution in [1.82, 2.24) is 10.3 Å². The van der Waals surface area contributed by atoms with Crippen LogP contribution in [0, 0.1) is 11.3 Å². The minimum absolute atomic E-state index is 0.0878. The Morgan fingerprint density at radius 3 is 3.00 bits per heavy atom. The number of amides is 1. The topological polar surface area (TPSA) is 91.8 Å². The van der Waals surface area contributed by atoms with Crippen molar-refractivity contribution in [3.8, 4) is 6.07 Å². The van der Waals surface area contributed by atoms with Crippen LogP contribution in [0.5, 0.6) is 0 Å². The number of anilines is 1. The molecule has 0 aliphatic heterocycles. The van der Waals surface area contributed by atoms with E-state index >= 15 is 0 Å². The van der Waals surface area contributed by atoms with Gasteiger partial charge in [0.05, 0.1) is 24.4 Å². The van der Waals surface area contributed by atoms with Gasteiger partial charge in [0.15, 0.2) is 0 Å². The summed E-state index contributed by atoms with van der Waals surface area (Å²) < 4.78 is 0. The first-order valence-electron chi connectivity index (χ1n) is 5.06. The lowest BCUT2D eigenvalue weighted by Crippen LogP contribution is -2.26. The van der Waals surface area contributed by atoms with Gasteiger partial charge in [0.1, 0.15) is 0 Å². The fourth-order valence-corrected chi connectivity index (χ4v) is 1.16. The molecule has 0 aromatic carbocycles. The van der Waals surface area contributed by atoms with E-state index in [-0.39, 0.29) is 12.3 Å². The Balaban J connectivity index is 2.29. The Kier molecular flexibility index (Phi) is 4.80. The molecule has 0 aliphatic carbocycles. The van der Waals surface area contributed by atoms with Crippen LogP contribution in [0.15, 0.2) is 18.3 Å². The Bertz CT molecular complexity index is 380. The lowest BCUT2D eigenvalue weighted by atomic mass is 10.2. The van der Waals surface area contributed by atoms with Crippen molar-refractivity contribution < 1.29 is 4.79 Å². The Morgan fingerprint density at radius 1 is 1.56 bits per heavy atom. The van der Waals surface area contributed by atoms with Gasteiger partial charge < -0.3 is 11.1 Å². The molecule has 0 fully saturated rings. The highest BCUT2D eigenvalue weighted by Crippen LogP contribution is 2.01. The zero-order valence-electron chi connectivity index (χ0n) is 8.94. The van der Waals surface area contributed by atoms with E-state index < -0.39 is 0 Å². The summed E-state index contributed by atoms with van der Waals surface area (Å²) in [6.07, 6.45) is 2.91. The quantitative estimate of drug-likeness (QED) is 0.709. The number of carbonyl (C=O) groups excluding carboxylic acids is 1. The van der Waals surface area contributed by atoms with Gasteiger partial charge in [-0.2, -0.15) is 5.26 Å². The third-order valence-corrected chi connectivity index (χ3v) is 1.98. The summed E-state index contributed by atoms with van der Waals surface area (Å²) in [7, 11) is 0. The number of carbonyl (C=O) groups is 1. The first kappa shape index (κ1) is 12.0. The fraction of sp³-hybridized carbons (Fsp3) is 0.364. The van der Waals surface area contributed by atoms with Crippen LogP contribution < -0.4 is 11.1 Å². The molecule has 0 saturated heterocycles. The van der Waals surface area contributed by atoms with Crippen molar-refractivity contribution in [2.24, 2.45) is 0 Å². The van der Waals surface area contributed by atoms with Gasteiger partial charge in [-0.15, -0.1) is 0 Å². The third-order valence-electron chi connectivity index (χ3n) is 1.98. The molecular weight excluding hydrogens is 204 g/mol. The molecule has 0 aliphatic rings. The number of unbranched alkanes of at least 4 members (excludes halogenated alkanes) is 1. The summed E-state index contributed by atoms with van der Waals surface area (Å²) in [4.78, 5) is 15.4. The molecule has 1 aromatic heterocycles. The molecular formula is C11H14N4O. The van der Waals surface area contributed by atoms with E-state index in [0.29, 0.717) is 30.8 Å². The predicted molar refractivity (Wildman–Crippen MR) is 60.2 cm³/mol. The predicted octanol–water partition coefficient (Wildman–Crippen LogP) is 0.626. The van der Waals surface area contributed by atoms with Crippen molar-refractivity contribution >= 4 is 11.6 Å². The molecule has 5 heteroatoms. The number of nitrogens with one attached hydrogen (secondary N) is 1. The summed E-state index contributed by atoms with van der Waals surface area (Å²) in [6.45, 7) is 0.529. The first-order valence-corrected chi connectivity index (χ1v) is 5.06. The summed E-state index contributed by atoms with van der Waals surface area (Å²) in [6, 6.07) is 5.46. The molecule has 16 heavy (non-hydrogen) atoms. The largest absolute Gasteiger partial charge is 0.397 e. The molecule has 1 aromatic rings. The standard InChI is InChI=1S/C11H14N4O/c12-5-1-2-6-14-11(16)7-10-4-3-9(13)8-15-10/h3-4,8H,1-2,6-7,13H2,(H,14,16). The molecule has 0 radical (unpaired) electrons. The van der Waals surface area contributed by atoms with Crippen LogP contribution in [-0.4, -0.2) is 17.4 Å². The molecule has 1 amide bonds. The van der Waals surface area contributed by atoms with Gasteiger partial charge in [-0.3, -0.25) is 9.78 Å². The summed E-state index contributed by atoms with van der Waals surface area (Å²) in [5, 5.41) is 11.0. The fourth-order valence-electron chi connectivity index (χ4n) is 1.16. The molecule has 1 heterocycles. The van der Waals surface area contributed by atoms with Crippen LogP contribution in [0.1, 0.15) is 18.5 Å². The SMILES string of the molecule is N#CCCCNC(=O)Cc1ccc(N)cn1.